The van der Waals surface area contributed by atoms with E-state index in [1.54, 1.807) is 7.11 Å². The lowest BCUT2D eigenvalue weighted by Gasteiger charge is -2.42. The van der Waals surface area contributed by atoms with Crippen molar-refractivity contribution in [2.24, 2.45) is 5.92 Å². The maximum atomic E-state index is 6.14. The lowest BCUT2D eigenvalue weighted by molar-refractivity contribution is 0.266. The van der Waals surface area contributed by atoms with Gasteiger partial charge in [-0.05, 0) is 61.1 Å². The van der Waals surface area contributed by atoms with Crippen LogP contribution < -0.4 is 15.8 Å². The van der Waals surface area contributed by atoms with Crippen molar-refractivity contribution in [3.63, 3.8) is 0 Å². The molecule has 2 atom stereocenters. The Morgan fingerprint density at radius 2 is 2.00 bits per heavy atom. The first-order valence-corrected chi connectivity index (χ1v) is 10.4. The number of nitrogens with two attached hydrogens (primary N) is 1. The summed E-state index contributed by atoms with van der Waals surface area (Å²) in [4.78, 5) is 4.60. The number of ether oxygens (including phenoxy) is 1. The van der Waals surface area contributed by atoms with Gasteiger partial charge in [0.1, 0.15) is 11.4 Å². The maximum Gasteiger partial charge on any atom is 0.239 e. The second-order valence-electron chi connectivity index (χ2n) is 8.20. The largest absolute Gasteiger partial charge is 0.496 e. The first kappa shape index (κ1) is 17.3. The second-order valence-corrected chi connectivity index (χ2v) is 8.20. The van der Waals surface area contributed by atoms with Gasteiger partial charge in [-0.15, -0.1) is 5.10 Å². The smallest absolute Gasteiger partial charge is 0.239 e. The Hall–Kier alpha value is -3.54. The summed E-state index contributed by atoms with van der Waals surface area (Å²) in [7, 11) is 1.68. The maximum absolute atomic E-state index is 6.14. The molecule has 0 radical (unpaired) electrons. The molecule has 150 valence electrons. The molecule has 1 saturated carbocycles. The summed E-state index contributed by atoms with van der Waals surface area (Å²) in [6.07, 6.45) is 3.76. The second kappa shape index (κ2) is 6.49. The Morgan fingerprint density at radius 1 is 1.10 bits per heavy atom. The van der Waals surface area contributed by atoms with Gasteiger partial charge in [-0.3, -0.25) is 0 Å². The first-order valence-electron chi connectivity index (χ1n) is 10.4. The van der Waals surface area contributed by atoms with Crippen molar-refractivity contribution in [2.45, 2.75) is 25.3 Å². The Labute approximate surface area is 174 Å². The summed E-state index contributed by atoms with van der Waals surface area (Å²) in [6.45, 7) is 0. The molecule has 2 unspecified atom stereocenters. The number of rotatable bonds is 3. The minimum Gasteiger partial charge on any atom is -0.496 e. The summed E-state index contributed by atoms with van der Waals surface area (Å²) in [6, 6.07) is 19.2. The molecule has 1 aliphatic carbocycles. The predicted octanol–water partition coefficient (Wildman–Crippen LogP) is 4.40. The van der Waals surface area contributed by atoms with E-state index >= 15 is 0 Å². The fraction of sp³-hybridized carbons (Fsp3) is 0.250. The minimum atomic E-state index is 0.245. The molecule has 0 bridgehead atoms. The Kier molecular flexibility index (Phi) is 3.75. The van der Waals surface area contributed by atoms with Gasteiger partial charge in [-0.1, -0.05) is 24.3 Å². The normalized spacial score (nSPS) is 19.5. The average Bonchev–Trinajstić information content (AvgIpc) is 3.17. The highest BCUT2D eigenvalue weighted by Gasteiger charge is 2.35. The van der Waals surface area contributed by atoms with Gasteiger partial charge in [0, 0.05) is 22.9 Å². The predicted molar refractivity (Wildman–Crippen MR) is 119 cm³/mol. The lowest BCUT2D eigenvalue weighted by atomic mass is 9.73. The fourth-order valence-electron chi connectivity index (χ4n) is 4.81. The van der Waals surface area contributed by atoms with Crippen LogP contribution >= 0.6 is 0 Å². The number of nitrogens with zero attached hydrogens (tertiary/aromatic N) is 3. The number of para-hydroxylation sites is 1. The fourth-order valence-corrected chi connectivity index (χ4v) is 4.81. The van der Waals surface area contributed by atoms with E-state index in [1.807, 2.05) is 40.9 Å². The quantitative estimate of drug-likeness (QED) is 0.536. The van der Waals surface area contributed by atoms with Gasteiger partial charge in [0.25, 0.3) is 0 Å². The van der Waals surface area contributed by atoms with Gasteiger partial charge in [-0.2, -0.15) is 0 Å². The number of nitrogens with one attached hydrogen (secondary N) is 1. The van der Waals surface area contributed by atoms with Crippen molar-refractivity contribution in [1.82, 2.24) is 14.6 Å². The molecule has 6 nitrogen and oxygen atoms in total. The summed E-state index contributed by atoms with van der Waals surface area (Å²) >= 11 is 0. The monoisotopic (exact) mass is 397 g/mol. The van der Waals surface area contributed by atoms with Crippen molar-refractivity contribution < 1.29 is 4.74 Å². The van der Waals surface area contributed by atoms with Gasteiger partial charge in [0.05, 0.1) is 18.3 Å². The van der Waals surface area contributed by atoms with Crippen molar-refractivity contribution in [1.29, 1.82) is 0 Å². The summed E-state index contributed by atoms with van der Waals surface area (Å²) in [5, 5.41) is 8.22. The first-order chi connectivity index (χ1) is 14.7. The van der Waals surface area contributed by atoms with Crippen LogP contribution in [-0.4, -0.2) is 27.7 Å². The number of methoxy groups -OCH3 is 1. The molecule has 2 aromatic heterocycles. The van der Waals surface area contributed by atoms with E-state index in [9.17, 15) is 0 Å². The summed E-state index contributed by atoms with van der Waals surface area (Å²) in [5.41, 5.74) is 13.4. The van der Waals surface area contributed by atoms with Gasteiger partial charge >= 0.3 is 0 Å². The molecule has 6 rings (SSSR count). The van der Waals surface area contributed by atoms with Crippen LogP contribution in [0.5, 0.6) is 5.75 Å². The standard InChI is InChI=1S/C24H23N5O/c1-30-22-5-3-2-4-17(22)20-10-11-21-23(27-24(25)28-29(20)21)16-7-6-15-12-14-8-9-18(14)26-19(15)13-16/h2-7,10-11,13-14,18,26H,8-9,12H2,1H3,(H2,25,28). The third-order valence-electron chi connectivity index (χ3n) is 6.53. The third-order valence-corrected chi connectivity index (χ3v) is 6.53. The number of anilines is 2. The van der Waals surface area contributed by atoms with E-state index in [2.05, 4.69) is 33.6 Å². The highest BCUT2D eigenvalue weighted by molar-refractivity contribution is 5.83. The molecule has 0 spiro atoms. The van der Waals surface area contributed by atoms with Gasteiger partial charge in [0.15, 0.2) is 0 Å². The average molecular weight is 397 g/mol. The van der Waals surface area contributed by atoms with E-state index in [0.29, 0.717) is 6.04 Å². The molecule has 3 heterocycles. The molecular formula is C24H23N5O. The van der Waals surface area contributed by atoms with Crippen molar-refractivity contribution >= 4 is 17.2 Å². The van der Waals surface area contributed by atoms with Crippen LogP contribution in [0.15, 0.2) is 54.6 Å². The highest BCUT2D eigenvalue weighted by atomic mass is 16.5. The van der Waals surface area contributed by atoms with E-state index in [1.165, 1.54) is 24.1 Å². The summed E-state index contributed by atoms with van der Waals surface area (Å²) < 4.78 is 7.42. The third kappa shape index (κ3) is 2.56. The zero-order chi connectivity index (χ0) is 20.2. The number of benzene rings is 2. The molecule has 2 aliphatic rings. The van der Waals surface area contributed by atoms with E-state index in [4.69, 9.17) is 10.5 Å². The molecule has 1 fully saturated rings. The number of fused-ring (bicyclic) bond motifs is 3. The van der Waals surface area contributed by atoms with Crippen LogP contribution in [0.3, 0.4) is 0 Å². The van der Waals surface area contributed by atoms with E-state index in [0.717, 1.165) is 46.1 Å². The number of hydrogen-bond acceptors (Lipinski definition) is 5. The number of hydrogen-bond donors (Lipinski definition) is 2. The van der Waals surface area contributed by atoms with Crippen LogP contribution in [0.25, 0.3) is 28.0 Å². The zero-order valence-electron chi connectivity index (χ0n) is 16.8. The van der Waals surface area contributed by atoms with Gasteiger partial charge in [0.2, 0.25) is 5.95 Å². The molecule has 4 aromatic rings. The molecule has 6 heteroatoms. The van der Waals surface area contributed by atoms with Crippen molar-refractivity contribution in [3.05, 3.63) is 60.2 Å². The minimum absolute atomic E-state index is 0.245. The van der Waals surface area contributed by atoms with Crippen LogP contribution in [-0.2, 0) is 6.42 Å². The summed E-state index contributed by atoms with van der Waals surface area (Å²) in [5.74, 6) is 1.83. The van der Waals surface area contributed by atoms with Gasteiger partial charge in [-0.25, -0.2) is 9.50 Å². The molecule has 3 N–H and O–H groups in total. The Balaban J connectivity index is 1.50. The molecule has 30 heavy (non-hydrogen) atoms. The topological polar surface area (TPSA) is 77.5 Å². The number of aromatic nitrogens is 3. The zero-order valence-corrected chi connectivity index (χ0v) is 16.8. The van der Waals surface area contributed by atoms with Crippen molar-refractivity contribution in [2.75, 3.05) is 18.2 Å². The molecule has 0 amide bonds. The van der Waals surface area contributed by atoms with Gasteiger partial charge < -0.3 is 15.8 Å². The molecule has 1 aliphatic heterocycles. The van der Waals surface area contributed by atoms with Crippen LogP contribution in [0, 0.1) is 5.92 Å². The Morgan fingerprint density at radius 3 is 2.83 bits per heavy atom. The van der Waals surface area contributed by atoms with Crippen LogP contribution in [0.4, 0.5) is 11.6 Å². The molecular weight excluding hydrogens is 374 g/mol. The SMILES string of the molecule is COc1ccccc1-c1ccc2c(-c3ccc4c(c3)NC3CCC3C4)nc(N)nn12. The molecule has 0 saturated heterocycles. The number of nitrogen functional groups attached to an aromatic ring is 1. The van der Waals surface area contributed by atoms with E-state index < -0.39 is 0 Å². The van der Waals surface area contributed by atoms with E-state index in [-0.39, 0.29) is 5.95 Å². The van der Waals surface area contributed by atoms with Crippen molar-refractivity contribution in [3.8, 4) is 28.3 Å². The lowest BCUT2D eigenvalue weighted by Crippen LogP contribution is -2.42. The van der Waals surface area contributed by atoms with Crippen LogP contribution in [0.2, 0.25) is 0 Å². The van der Waals surface area contributed by atoms with Crippen LogP contribution in [0.1, 0.15) is 18.4 Å². The Bertz CT molecular complexity index is 1280. The molecule has 2 aromatic carbocycles. The highest BCUT2D eigenvalue weighted by Crippen LogP contribution is 2.41.